The van der Waals surface area contributed by atoms with Crippen LogP contribution in [0.25, 0.3) is 0 Å². The fraction of sp³-hybridized carbons (Fsp3) is 0.941. The number of hydrogen-bond donors (Lipinski definition) is 0. The summed E-state index contributed by atoms with van der Waals surface area (Å²) in [5.41, 5.74) is 0. The number of nitrogens with zero attached hydrogens (tertiary/aromatic N) is 1. The average Bonchev–Trinajstić information content (AvgIpc) is 2.46. The van der Waals surface area contributed by atoms with Crippen molar-refractivity contribution in [3.8, 4) is 0 Å². The zero-order chi connectivity index (χ0) is 15.2. The molecule has 0 aromatic rings. The Kier molecular flexibility index (Phi) is 6.49. The molecule has 2 rings (SSSR count). The van der Waals surface area contributed by atoms with Gasteiger partial charge >= 0.3 is 0 Å². The van der Waals surface area contributed by atoms with Crippen LogP contribution < -0.4 is 0 Å². The highest BCUT2D eigenvalue weighted by Gasteiger charge is 2.29. The summed E-state index contributed by atoms with van der Waals surface area (Å²) in [5.74, 6) is 1.30. The minimum Gasteiger partial charge on any atom is -0.377 e. The van der Waals surface area contributed by atoms with E-state index in [1.54, 1.807) is 0 Å². The first-order chi connectivity index (χ1) is 10.1. The van der Waals surface area contributed by atoms with E-state index in [1.165, 1.54) is 19.3 Å². The first kappa shape index (κ1) is 16.8. The Balaban J connectivity index is 1.82. The minimum absolute atomic E-state index is 0.140. The van der Waals surface area contributed by atoms with Crippen LogP contribution in [0.4, 0.5) is 0 Å². The number of ether oxygens (including phenoxy) is 2. The highest BCUT2D eigenvalue weighted by atomic mass is 16.5. The summed E-state index contributed by atoms with van der Waals surface area (Å²) < 4.78 is 11.5. The number of hydrogen-bond acceptors (Lipinski definition) is 3. The van der Waals surface area contributed by atoms with Gasteiger partial charge in [0, 0.05) is 6.54 Å². The Morgan fingerprint density at radius 1 is 1.33 bits per heavy atom. The standard InChI is InChI=1S/C17H31NO3/c1-13(2)10-15-11-20-9-8-18(15)17(19)12-21-16-7-5-4-6-14(16)3/h13-16H,4-12H2,1-3H3. The third-order valence-electron chi connectivity index (χ3n) is 4.75. The van der Waals surface area contributed by atoms with Crippen LogP contribution in [0.5, 0.6) is 0 Å². The first-order valence-electron chi connectivity index (χ1n) is 8.56. The second-order valence-electron chi connectivity index (χ2n) is 7.06. The van der Waals surface area contributed by atoms with Gasteiger partial charge in [0.1, 0.15) is 6.61 Å². The van der Waals surface area contributed by atoms with Crippen molar-refractivity contribution in [3.05, 3.63) is 0 Å². The largest absolute Gasteiger partial charge is 0.377 e. The molecule has 122 valence electrons. The van der Waals surface area contributed by atoms with Crippen molar-refractivity contribution in [2.75, 3.05) is 26.4 Å². The maximum Gasteiger partial charge on any atom is 0.248 e. The Morgan fingerprint density at radius 2 is 2.10 bits per heavy atom. The Morgan fingerprint density at radius 3 is 2.81 bits per heavy atom. The van der Waals surface area contributed by atoms with Crippen molar-refractivity contribution in [2.45, 2.75) is 65.0 Å². The molecule has 21 heavy (non-hydrogen) atoms. The van der Waals surface area contributed by atoms with Crippen LogP contribution in [0.2, 0.25) is 0 Å². The fourth-order valence-electron chi connectivity index (χ4n) is 3.51. The van der Waals surface area contributed by atoms with Gasteiger partial charge in [-0.3, -0.25) is 4.79 Å². The smallest absolute Gasteiger partial charge is 0.248 e. The lowest BCUT2D eigenvalue weighted by molar-refractivity contribution is -0.149. The number of carbonyl (C=O) groups excluding carboxylic acids is 1. The summed E-state index contributed by atoms with van der Waals surface area (Å²) in [6.07, 6.45) is 6.14. The fourth-order valence-corrected chi connectivity index (χ4v) is 3.51. The van der Waals surface area contributed by atoms with E-state index in [0.29, 0.717) is 31.6 Å². The van der Waals surface area contributed by atoms with E-state index in [1.807, 2.05) is 4.90 Å². The van der Waals surface area contributed by atoms with E-state index < -0.39 is 0 Å². The van der Waals surface area contributed by atoms with E-state index in [4.69, 9.17) is 9.47 Å². The molecule has 0 aromatic heterocycles. The van der Waals surface area contributed by atoms with Crippen LogP contribution in [0.15, 0.2) is 0 Å². The molecule has 1 saturated carbocycles. The third-order valence-corrected chi connectivity index (χ3v) is 4.75. The van der Waals surface area contributed by atoms with E-state index in [9.17, 15) is 4.79 Å². The summed E-state index contributed by atoms with van der Waals surface area (Å²) in [5, 5.41) is 0. The number of rotatable bonds is 5. The molecule has 1 aliphatic carbocycles. The molecule has 0 aromatic carbocycles. The van der Waals surface area contributed by atoms with Crippen molar-refractivity contribution in [1.82, 2.24) is 4.90 Å². The maximum atomic E-state index is 12.5. The number of amides is 1. The molecule has 0 radical (unpaired) electrons. The molecule has 2 aliphatic rings. The highest BCUT2D eigenvalue weighted by molar-refractivity contribution is 5.78. The molecule has 4 nitrogen and oxygen atoms in total. The number of morpholine rings is 1. The zero-order valence-electron chi connectivity index (χ0n) is 13.8. The second kappa shape index (κ2) is 8.14. The molecule has 3 atom stereocenters. The SMILES string of the molecule is CC(C)CC1COCCN1C(=O)COC1CCCCC1C. The van der Waals surface area contributed by atoms with Gasteiger partial charge in [0.25, 0.3) is 0 Å². The van der Waals surface area contributed by atoms with E-state index in [0.717, 1.165) is 12.8 Å². The molecule has 1 amide bonds. The normalized spacial score (nSPS) is 30.7. The quantitative estimate of drug-likeness (QED) is 0.783. The molecule has 1 saturated heterocycles. The van der Waals surface area contributed by atoms with Gasteiger partial charge in [0.15, 0.2) is 0 Å². The van der Waals surface area contributed by atoms with Crippen molar-refractivity contribution in [2.24, 2.45) is 11.8 Å². The van der Waals surface area contributed by atoms with Crippen molar-refractivity contribution in [1.29, 1.82) is 0 Å². The minimum atomic E-state index is 0.140. The summed E-state index contributed by atoms with van der Waals surface area (Å²) in [7, 11) is 0. The molecule has 2 fully saturated rings. The van der Waals surface area contributed by atoms with Crippen LogP contribution in [0, 0.1) is 11.8 Å². The lowest BCUT2D eigenvalue weighted by atomic mass is 9.88. The van der Waals surface area contributed by atoms with Crippen LogP contribution in [0.3, 0.4) is 0 Å². The van der Waals surface area contributed by atoms with Crippen molar-refractivity contribution in [3.63, 3.8) is 0 Å². The molecule has 1 aliphatic heterocycles. The molecule has 4 heteroatoms. The van der Waals surface area contributed by atoms with Gasteiger partial charge in [-0.15, -0.1) is 0 Å². The highest BCUT2D eigenvalue weighted by Crippen LogP contribution is 2.26. The molecule has 0 N–H and O–H groups in total. The van der Waals surface area contributed by atoms with E-state index >= 15 is 0 Å². The van der Waals surface area contributed by atoms with Gasteiger partial charge in [0.2, 0.25) is 5.91 Å². The van der Waals surface area contributed by atoms with Gasteiger partial charge in [-0.2, -0.15) is 0 Å². The maximum absolute atomic E-state index is 12.5. The van der Waals surface area contributed by atoms with Gasteiger partial charge in [-0.25, -0.2) is 0 Å². The topological polar surface area (TPSA) is 38.8 Å². The van der Waals surface area contributed by atoms with Crippen LogP contribution in [-0.2, 0) is 14.3 Å². The lowest BCUT2D eigenvalue weighted by Crippen LogP contribution is -2.50. The summed E-state index contributed by atoms with van der Waals surface area (Å²) in [6, 6.07) is 0.221. The Hall–Kier alpha value is -0.610. The van der Waals surface area contributed by atoms with E-state index in [2.05, 4.69) is 20.8 Å². The Labute approximate surface area is 129 Å². The molecule has 0 bridgehead atoms. The predicted molar refractivity (Wildman–Crippen MR) is 83.1 cm³/mol. The van der Waals surface area contributed by atoms with Crippen LogP contribution in [0.1, 0.15) is 52.9 Å². The van der Waals surface area contributed by atoms with Crippen molar-refractivity contribution >= 4 is 5.91 Å². The average molecular weight is 297 g/mol. The van der Waals surface area contributed by atoms with E-state index in [-0.39, 0.29) is 24.7 Å². The van der Waals surface area contributed by atoms with Gasteiger partial charge in [-0.1, -0.05) is 33.6 Å². The monoisotopic (exact) mass is 297 g/mol. The lowest BCUT2D eigenvalue weighted by Gasteiger charge is -2.37. The Bertz CT molecular complexity index is 332. The van der Waals surface area contributed by atoms with Gasteiger partial charge in [-0.05, 0) is 31.1 Å². The predicted octanol–water partition coefficient (Wildman–Crippen LogP) is 2.86. The first-order valence-corrected chi connectivity index (χ1v) is 8.56. The summed E-state index contributed by atoms with van der Waals surface area (Å²) in [4.78, 5) is 14.5. The van der Waals surface area contributed by atoms with Gasteiger partial charge < -0.3 is 14.4 Å². The zero-order valence-corrected chi connectivity index (χ0v) is 13.8. The van der Waals surface area contributed by atoms with Crippen LogP contribution >= 0.6 is 0 Å². The molecule has 3 unspecified atom stereocenters. The summed E-state index contributed by atoms with van der Waals surface area (Å²) in [6.45, 7) is 8.90. The molecular weight excluding hydrogens is 266 g/mol. The summed E-state index contributed by atoms with van der Waals surface area (Å²) >= 11 is 0. The van der Waals surface area contributed by atoms with Crippen molar-refractivity contribution < 1.29 is 14.3 Å². The van der Waals surface area contributed by atoms with Gasteiger partial charge in [0.05, 0.1) is 25.4 Å². The van der Waals surface area contributed by atoms with Crippen LogP contribution in [-0.4, -0.2) is 49.3 Å². The number of carbonyl (C=O) groups is 1. The molecule has 1 heterocycles. The molecule has 0 spiro atoms. The third kappa shape index (κ3) is 4.96. The molecular formula is C17H31NO3. The second-order valence-corrected chi connectivity index (χ2v) is 7.06.